The van der Waals surface area contributed by atoms with E-state index in [0.717, 1.165) is 45.6 Å². The van der Waals surface area contributed by atoms with E-state index in [1.807, 2.05) is 0 Å². The Hall–Kier alpha value is -2.44. The Morgan fingerprint density at radius 1 is 1.15 bits per heavy atom. The number of benzene rings is 2. The number of rotatable bonds is 4. The van der Waals surface area contributed by atoms with Crippen molar-refractivity contribution in [2.24, 2.45) is 0 Å². The smallest absolute Gasteiger partial charge is 0.178 e. The molecule has 0 fully saturated rings. The van der Waals surface area contributed by atoms with Gasteiger partial charge in [0.15, 0.2) is 4.77 Å². The highest BCUT2D eigenvalue weighted by Crippen LogP contribution is 2.26. The van der Waals surface area contributed by atoms with Crippen LogP contribution in [-0.4, -0.2) is 19.5 Å². The summed E-state index contributed by atoms with van der Waals surface area (Å²) >= 11 is 5.40. The zero-order valence-corrected chi connectivity index (χ0v) is 16.2. The fourth-order valence-corrected chi connectivity index (χ4v) is 3.39. The molecule has 0 atom stereocenters. The molecule has 26 heavy (non-hydrogen) atoms. The zero-order valence-electron chi connectivity index (χ0n) is 14.6. The summed E-state index contributed by atoms with van der Waals surface area (Å²) in [7, 11) is 0. The Morgan fingerprint density at radius 2 is 1.92 bits per heavy atom. The van der Waals surface area contributed by atoms with E-state index in [1.165, 1.54) is 11.1 Å². The molecule has 4 rings (SSSR count). The fourth-order valence-electron chi connectivity index (χ4n) is 3.05. The molecule has 0 radical (unpaired) electrons. The van der Waals surface area contributed by atoms with Crippen LogP contribution < -0.4 is 5.32 Å². The molecule has 5 nitrogen and oxygen atoms in total. The summed E-state index contributed by atoms with van der Waals surface area (Å²) in [5, 5.41) is 4.41. The van der Waals surface area contributed by atoms with Crippen molar-refractivity contribution in [2.45, 2.75) is 26.9 Å². The van der Waals surface area contributed by atoms with Crippen molar-refractivity contribution in [2.75, 3.05) is 5.32 Å². The van der Waals surface area contributed by atoms with Crippen LogP contribution in [0.2, 0.25) is 0 Å². The topological polar surface area (TPSA) is 58.5 Å². The molecule has 2 aromatic heterocycles. The number of aromatic amines is 1. The minimum atomic E-state index is 0. The lowest BCUT2D eigenvalue weighted by Gasteiger charge is -2.09. The monoisotopic (exact) mass is 385 g/mol. The Morgan fingerprint density at radius 3 is 2.65 bits per heavy atom. The van der Waals surface area contributed by atoms with E-state index >= 15 is 0 Å². The van der Waals surface area contributed by atoms with E-state index in [2.05, 4.69) is 75.1 Å². The SMILES string of the molecule is CCn1c(=S)[nH]c2cc3c(NCc4ccc(C)cc4)ncnc3cc21.Cl. The quantitative estimate of drug-likeness (QED) is 0.485. The first kappa shape index (κ1) is 18.4. The third kappa shape index (κ3) is 3.30. The number of halogens is 1. The lowest BCUT2D eigenvalue weighted by atomic mass is 10.1. The fraction of sp³-hybridized carbons (Fsp3) is 0.211. The summed E-state index contributed by atoms with van der Waals surface area (Å²) < 4.78 is 2.81. The molecule has 0 saturated carbocycles. The molecule has 0 aliphatic carbocycles. The second-order valence-electron chi connectivity index (χ2n) is 6.12. The highest BCUT2D eigenvalue weighted by atomic mass is 35.5. The number of imidazole rings is 1. The summed E-state index contributed by atoms with van der Waals surface area (Å²) in [5.74, 6) is 0.830. The Labute approximate surface area is 162 Å². The van der Waals surface area contributed by atoms with E-state index in [4.69, 9.17) is 12.2 Å². The highest BCUT2D eigenvalue weighted by molar-refractivity contribution is 7.71. The number of hydrogen-bond donors (Lipinski definition) is 2. The predicted octanol–water partition coefficient (Wildman–Crippen LogP) is 5.00. The summed E-state index contributed by atoms with van der Waals surface area (Å²) in [6, 6.07) is 12.6. The van der Waals surface area contributed by atoms with Crippen LogP contribution in [0.1, 0.15) is 18.1 Å². The Bertz CT molecular complexity index is 1110. The third-order valence-corrected chi connectivity index (χ3v) is 4.75. The van der Waals surface area contributed by atoms with E-state index in [-0.39, 0.29) is 12.4 Å². The van der Waals surface area contributed by atoms with Crippen LogP contribution in [0.15, 0.2) is 42.7 Å². The van der Waals surface area contributed by atoms with Crippen molar-refractivity contribution in [3.8, 4) is 0 Å². The first-order chi connectivity index (χ1) is 12.2. The lowest BCUT2D eigenvalue weighted by Crippen LogP contribution is -2.02. The first-order valence-corrected chi connectivity index (χ1v) is 8.73. The van der Waals surface area contributed by atoms with Gasteiger partial charge in [-0.2, -0.15) is 0 Å². The molecule has 0 aliphatic rings. The molecule has 7 heteroatoms. The van der Waals surface area contributed by atoms with Crippen molar-refractivity contribution in [3.05, 3.63) is 58.6 Å². The lowest BCUT2D eigenvalue weighted by molar-refractivity contribution is 0.774. The van der Waals surface area contributed by atoms with E-state index in [0.29, 0.717) is 0 Å². The van der Waals surface area contributed by atoms with Crippen LogP contribution in [0.4, 0.5) is 5.82 Å². The van der Waals surface area contributed by atoms with Gasteiger partial charge in [-0.1, -0.05) is 29.8 Å². The maximum absolute atomic E-state index is 5.40. The van der Waals surface area contributed by atoms with Crippen LogP contribution >= 0.6 is 24.6 Å². The molecular formula is C19H20ClN5S. The molecule has 0 spiro atoms. The van der Waals surface area contributed by atoms with Crippen molar-refractivity contribution in [1.29, 1.82) is 0 Å². The number of nitrogens with one attached hydrogen (secondary N) is 2. The number of anilines is 1. The zero-order chi connectivity index (χ0) is 17.4. The number of H-pyrrole nitrogens is 1. The normalized spacial score (nSPS) is 10.8. The summed E-state index contributed by atoms with van der Waals surface area (Å²) in [5.41, 5.74) is 5.46. The van der Waals surface area contributed by atoms with E-state index in [1.54, 1.807) is 6.33 Å². The summed E-state index contributed by atoms with van der Waals surface area (Å²) in [6.45, 7) is 5.72. The third-order valence-electron chi connectivity index (χ3n) is 4.43. The van der Waals surface area contributed by atoms with Crippen molar-refractivity contribution in [3.63, 3.8) is 0 Å². The van der Waals surface area contributed by atoms with Gasteiger partial charge >= 0.3 is 0 Å². The van der Waals surface area contributed by atoms with Gasteiger partial charge in [0.05, 0.1) is 16.6 Å². The van der Waals surface area contributed by atoms with Crippen molar-refractivity contribution in [1.82, 2.24) is 19.5 Å². The average Bonchev–Trinajstić information content (AvgIpc) is 2.93. The molecule has 0 bridgehead atoms. The summed E-state index contributed by atoms with van der Waals surface area (Å²) in [4.78, 5) is 12.1. The van der Waals surface area contributed by atoms with Crippen molar-refractivity contribution >= 4 is 52.4 Å². The number of fused-ring (bicyclic) bond motifs is 2. The van der Waals surface area contributed by atoms with Crippen LogP contribution in [0.5, 0.6) is 0 Å². The Kier molecular flexibility index (Phi) is 5.25. The molecule has 2 aromatic carbocycles. The van der Waals surface area contributed by atoms with Gasteiger partial charge in [-0.25, -0.2) is 9.97 Å². The van der Waals surface area contributed by atoms with Crippen LogP contribution in [0.25, 0.3) is 21.9 Å². The van der Waals surface area contributed by atoms with Crippen LogP contribution in [0, 0.1) is 11.7 Å². The van der Waals surface area contributed by atoms with Gasteiger partial charge in [-0.3, -0.25) is 0 Å². The van der Waals surface area contributed by atoms with Gasteiger partial charge < -0.3 is 14.9 Å². The van der Waals surface area contributed by atoms with Crippen LogP contribution in [-0.2, 0) is 13.1 Å². The number of aromatic nitrogens is 4. The Balaban J connectivity index is 0.00000196. The van der Waals surface area contributed by atoms with Gasteiger partial charge in [-0.05, 0) is 43.8 Å². The van der Waals surface area contributed by atoms with Gasteiger partial charge in [0.2, 0.25) is 0 Å². The molecule has 134 valence electrons. The standard InChI is InChI=1S/C19H19N5S.ClH/c1-3-24-17-9-15-14(8-16(17)23-19(24)25)18(22-11-21-15)20-10-13-6-4-12(2)5-7-13;/h4-9,11H,3,10H2,1-2H3,(H,23,25)(H,20,21,22);1H. The molecule has 2 N–H and O–H groups in total. The largest absolute Gasteiger partial charge is 0.365 e. The van der Waals surface area contributed by atoms with Gasteiger partial charge in [0, 0.05) is 18.5 Å². The predicted molar refractivity (Wildman–Crippen MR) is 112 cm³/mol. The van der Waals surface area contributed by atoms with Crippen LogP contribution in [0.3, 0.4) is 0 Å². The van der Waals surface area contributed by atoms with Gasteiger partial charge in [-0.15, -0.1) is 12.4 Å². The number of hydrogen-bond acceptors (Lipinski definition) is 4. The van der Waals surface area contributed by atoms with Gasteiger partial charge in [0.1, 0.15) is 12.1 Å². The molecule has 0 aliphatic heterocycles. The molecule has 0 unspecified atom stereocenters. The maximum atomic E-state index is 5.40. The summed E-state index contributed by atoms with van der Waals surface area (Å²) in [6.07, 6.45) is 1.60. The number of aryl methyl sites for hydroxylation is 2. The number of nitrogens with zero attached hydrogens (tertiary/aromatic N) is 3. The second-order valence-corrected chi connectivity index (χ2v) is 6.51. The minimum absolute atomic E-state index is 0. The highest BCUT2D eigenvalue weighted by Gasteiger charge is 2.09. The van der Waals surface area contributed by atoms with Gasteiger partial charge in [0.25, 0.3) is 0 Å². The first-order valence-electron chi connectivity index (χ1n) is 8.32. The average molecular weight is 386 g/mol. The van der Waals surface area contributed by atoms with E-state index in [9.17, 15) is 0 Å². The molecule has 0 saturated heterocycles. The second kappa shape index (κ2) is 7.43. The molecule has 2 heterocycles. The van der Waals surface area contributed by atoms with Crippen molar-refractivity contribution < 1.29 is 0 Å². The minimum Gasteiger partial charge on any atom is -0.365 e. The maximum Gasteiger partial charge on any atom is 0.178 e. The molecule has 0 amide bonds. The molecule has 4 aromatic rings. The molecular weight excluding hydrogens is 366 g/mol. The van der Waals surface area contributed by atoms with E-state index < -0.39 is 0 Å².